The molecule has 1 aromatic carbocycles. The fraction of sp³-hybridized carbons (Fsp3) is 0.538. The SMILES string of the molecule is CNc1cccc(OCCN2CCCC2)c1. The van der Waals surface area contributed by atoms with Gasteiger partial charge in [0.1, 0.15) is 12.4 Å². The van der Waals surface area contributed by atoms with Crippen LogP contribution in [-0.2, 0) is 0 Å². The van der Waals surface area contributed by atoms with Crippen LogP contribution < -0.4 is 10.1 Å². The quantitative estimate of drug-likeness (QED) is 0.823. The van der Waals surface area contributed by atoms with Gasteiger partial charge in [0.05, 0.1) is 0 Å². The Balaban J connectivity index is 1.75. The first-order valence-corrected chi connectivity index (χ1v) is 6.01. The molecular weight excluding hydrogens is 200 g/mol. The van der Waals surface area contributed by atoms with E-state index in [9.17, 15) is 0 Å². The van der Waals surface area contributed by atoms with Crippen molar-refractivity contribution in [2.24, 2.45) is 0 Å². The van der Waals surface area contributed by atoms with Crippen molar-refractivity contribution in [1.29, 1.82) is 0 Å². The Kier molecular flexibility index (Phi) is 4.05. The van der Waals surface area contributed by atoms with Gasteiger partial charge in [-0.15, -0.1) is 0 Å². The highest BCUT2D eigenvalue weighted by Crippen LogP contribution is 2.16. The normalized spacial score (nSPS) is 16.3. The zero-order valence-corrected chi connectivity index (χ0v) is 9.91. The molecule has 88 valence electrons. The molecular formula is C13H20N2O. The number of likely N-dealkylation sites (tertiary alicyclic amines) is 1. The van der Waals surface area contributed by atoms with Gasteiger partial charge in [-0.2, -0.15) is 0 Å². The molecule has 0 aliphatic carbocycles. The number of hydrogen-bond acceptors (Lipinski definition) is 3. The lowest BCUT2D eigenvalue weighted by molar-refractivity contribution is 0.238. The predicted molar refractivity (Wildman–Crippen MR) is 67.2 cm³/mol. The summed E-state index contributed by atoms with van der Waals surface area (Å²) in [5, 5.41) is 3.11. The lowest BCUT2D eigenvalue weighted by Gasteiger charge is -2.15. The second-order valence-electron chi connectivity index (χ2n) is 4.18. The second kappa shape index (κ2) is 5.75. The lowest BCUT2D eigenvalue weighted by atomic mass is 10.3. The highest BCUT2D eigenvalue weighted by atomic mass is 16.5. The van der Waals surface area contributed by atoms with Crippen LogP contribution in [0.2, 0.25) is 0 Å². The number of ether oxygens (including phenoxy) is 1. The topological polar surface area (TPSA) is 24.5 Å². The molecule has 0 atom stereocenters. The summed E-state index contributed by atoms with van der Waals surface area (Å²) in [6.07, 6.45) is 2.68. The van der Waals surface area contributed by atoms with Crippen molar-refractivity contribution in [3.05, 3.63) is 24.3 Å². The molecule has 3 heteroatoms. The minimum absolute atomic E-state index is 0.785. The smallest absolute Gasteiger partial charge is 0.121 e. The Morgan fingerprint density at radius 3 is 2.88 bits per heavy atom. The minimum atomic E-state index is 0.785. The molecule has 1 aromatic rings. The molecule has 1 N–H and O–H groups in total. The molecule has 0 spiro atoms. The Bertz CT molecular complexity index is 321. The van der Waals surface area contributed by atoms with Crippen LogP contribution in [0.15, 0.2) is 24.3 Å². The standard InChI is InChI=1S/C13H20N2O/c1-14-12-5-4-6-13(11-12)16-10-9-15-7-2-3-8-15/h4-6,11,14H,2-3,7-10H2,1H3. The lowest BCUT2D eigenvalue weighted by Crippen LogP contribution is -2.25. The van der Waals surface area contributed by atoms with E-state index in [1.807, 2.05) is 31.3 Å². The number of hydrogen-bond donors (Lipinski definition) is 1. The number of benzene rings is 1. The highest BCUT2D eigenvalue weighted by molar-refractivity contribution is 5.47. The third kappa shape index (κ3) is 3.14. The van der Waals surface area contributed by atoms with Crippen LogP contribution in [0.4, 0.5) is 5.69 Å². The summed E-state index contributed by atoms with van der Waals surface area (Å²) in [5.74, 6) is 0.950. The van der Waals surface area contributed by atoms with Gasteiger partial charge in [-0.3, -0.25) is 4.90 Å². The number of nitrogens with zero attached hydrogens (tertiary/aromatic N) is 1. The molecule has 0 radical (unpaired) electrons. The van der Waals surface area contributed by atoms with E-state index in [1.54, 1.807) is 0 Å². The Hall–Kier alpha value is -1.22. The van der Waals surface area contributed by atoms with E-state index in [1.165, 1.54) is 25.9 Å². The number of anilines is 1. The van der Waals surface area contributed by atoms with E-state index in [4.69, 9.17) is 4.74 Å². The van der Waals surface area contributed by atoms with Crippen molar-refractivity contribution in [3.63, 3.8) is 0 Å². The van der Waals surface area contributed by atoms with Gasteiger partial charge >= 0.3 is 0 Å². The van der Waals surface area contributed by atoms with E-state index < -0.39 is 0 Å². The van der Waals surface area contributed by atoms with Crippen LogP contribution in [0.1, 0.15) is 12.8 Å². The van der Waals surface area contributed by atoms with Gasteiger partial charge in [0, 0.05) is 25.3 Å². The Labute approximate surface area is 97.4 Å². The molecule has 1 aliphatic rings. The summed E-state index contributed by atoms with van der Waals surface area (Å²) in [5.41, 5.74) is 1.10. The summed E-state index contributed by atoms with van der Waals surface area (Å²) in [6.45, 7) is 4.30. The van der Waals surface area contributed by atoms with E-state index in [-0.39, 0.29) is 0 Å². The fourth-order valence-electron chi connectivity index (χ4n) is 2.04. The van der Waals surface area contributed by atoms with Crippen LogP contribution in [0.5, 0.6) is 5.75 Å². The van der Waals surface area contributed by atoms with Gasteiger partial charge in [0.15, 0.2) is 0 Å². The number of nitrogens with one attached hydrogen (secondary N) is 1. The third-order valence-electron chi connectivity index (χ3n) is 3.00. The summed E-state index contributed by atoms with van der Waals surface area (Å²) < 4.78 is 5.73. The molecule has 1 fully saturated rings. The zero-order chi connectivity index (χ0) is 11.2. The van der Waals surface area contributed by atoms with Gasteiger partial charge in [-0.05, 0) is 38.1 Å². The van der Waals surface area contributed by atoms with E-state index in [0.717, 1.165) is 24.6 Å². The number of rotatable bonds is 5. The summed E-state index contributed by atoms with van der Waals surface area (Å²) in [4.78, 5) is 2.46. The van der Waals surface area contributed by atoms with Crippen molar-refractivity contribution < 1.29 is 4.74 Å². The Morgan fingerprint density at radius 1 is 1.31 bits per heavy atom. The monoisotopic (exact) mass is 220 g/mol. The average Bonchev–Trinajstić information content (AvgIpc) is 2.82. The summed E-state index contributed by atoms with van der Waals surface area (Å²) in [6, 6.07) is 8.08. The maximum absolute atomic E-state index is 5.73. The molecule has 0 aromatic heterocycles. The van der Waals surface area contributed by atoms with Gasteiger partial charge in [0.2, 0.25) is 0 Å². The Morgan fingerprint density at radius 2 is 2.12 bits per heavy atom. The molecule has 3 nitrogen and oxygen atoms in total. The van der Waals surface area contributed by atoms with E-state index in [2.05, 4.69) is 10.2 Å². The second-order valence-corrected chi connectivity index (χ2v) is 4.18. The highest BCUT2D eigenvalue weighted by Gasteiger charge is 2.10. The van der Waals surface area contributed by atoms with E-state index >= 15 is 0 Å². The van der Waals surface area contributed by atoms with Gasteiger partial charge in [-0.1, -0.05) is 6.07 Å². The third-order valence-corrected chi connectivity index (χ3v) is 3.00. The molecule has 16 heavy (non-hydrogen) atoms. The van der Waals surface area contributed by atoms with Crippen LogP contribution in [0, 0.1) is 0 Å². The van der Waals surface area contributed by atoms with Crippen LogP contribution in [0.3, 0.4) is 0 Å². The maximum atomic E-state index is 5.73. The largest absolute Gasteiger partial charge is 0.492 e. The van der Waals surface area contributed by atoms with E-state index in [0.29, 0.717) is 0 Å². The van der Waals surface area contributed by atoms with Gasteiger partial charge < -0.3 is 10.1 Å². The van der Waals surface area contributed by atoms with Gasteiger partial charge in [0.25, 0.3) is 0 Å². The summed E-state index contributed by atoms with van der Waals surface area (Å²) in [7, 11) is 1.92. The fourth-order valence-corrected chi connectivity index (χ4v) is 2.04. The molecule has 1 heterocycles. The maximum Gasteiger partial charge on any atom is 0.121 e. The average molecular weight is 220 g/mol. The van der Waals surface area contributed by atoms with Crippen LogP contribution >= 0.6 is 0 Å². The van der Waals surface area contributed by atoms with Crippen LogP contribution in [0.25, 0.3) is 0 Å². The molecule has 1 aliphatic heterocycles. The van der Waals surface area contributed by atoms with Crippen molar-refractivity contribution in [1.82, 2.24) is 4.90 Å². The zero-order valence-electron chi connectivity index (χ0n) is 9.91. The molecule has 0 unspecified atom stereocenters. The van der Waals surface area contributed by atoms with Crippen molar-refractivity contribution in [3.8, 4) is 5.75 Å². The van der Waals surface area contributed by atoms with Gasteiger partial charge in [-0.25, -0.2) is 0 Å². The first-order chi connectivity index (χ1) is 7.88. The van der Waals surface area contributed by atoms with Crippen molar-refractivity contribution in [2.45, 2.75) is 12.8 Å². The van der Waals surface area contributed by atoms with Crippen molar-refractivity contribution in [2.75, 3.05) is 38.6 Å². The first-order valence-electron chi connectivity index (χ1n) is 6.01. The summed E-state index contributed by atoms with van der Waals surface area (Å²) >= 11 is 0. The molecule has 0 saturated carbocycles. The first kappa shape index (κ1) is 11.3. The minimum Gasteiger partial charge on any atom is -0.492 e. The molecule has 0 amide bonds. The van der Waals surface area contributed by atoms with Crippen molar-refractivity contribution >= 4 is 5.69 Å². The predicted octanol–water partition coefficient (Wildman–Crippen LogP) is 2.20. The molecule has 0 bridgehead atoms. The van der Waals surface area contributed by atoms with Crippen LogP contribution in [-0.4, -0.2) is 38.2 Å². The molecule has 2 rings (SSSR count). The molecule has 1 saturated heterocycles.